The monoisotopic (exact) mass is 268 g/mol. The lowest BCUT2D eigenvalue weighted by atomic mass is 10.1. The molecule has 1 aliphatic rings. The Morgan fingerprint density at radius 1 is 1.28 bits per heavy atom. The second-order valence-corrected chi connectivity index (χ2v) is 5.23. The van der Waals surface area contributed by atoms with E-state index < -0.39 is 0 Å². The zero-order valence-electron chi connectivity index (χ0n) is 11.1. The molecule has 0 spiro atoms. The van der Waals surface area contributed by atoms with Crippen molar-refractivity contribution in [1.29, 1.82) is 0 Å². The fourth-order valence-electron chi connectivity index (χ4n) is 2.30. The molecule has 1 aliphatic heterocycles. The minimum Gasteiger partial charge on any atom is -0.382 e. The number of benzene rings is 1. The molecule has 0 amide bonds. The Bertz CT molecular complexity index is 380. The number of rotatable bonds is 4. The molecule has 0 unspecified atom stereocenters. The van der Waals surface area contributed by atoms with Crippen molar-refractivity contribution < 1.29 is 4.74 Å². The van der Waals surface area contributed by atoms with Gasteiger partial charge in [-0.1, -0.05) is 17.7 Å². The van der Waals surface area contributed by atoms with E-state index in [1.165, 1.54) is 11.1 Å². The first kappa shape index (κ1) is 13.7. The third kappa shape index (κ3) is 3.61. The summed E-state index contributed by atoms with van der Waals surface area (Å²) in [6, 6.07) is 4.16. The Hall–Kier alpha value is -0.770. The highest BCUT2D eigenvalue weighted by Crippen LogP contribution is 2.26. The predicted octanol–water partition coefficient (Wildman–Crippen LogP) is 2.70. The molecule has 18 heavy (non-hydrogen) atoms. The van der Waals surface area contributed by atoms with Crippen molar-refractivity contribution >= 4 is 17.3 Å². The Morgan fingerprint density at radius 2 is 2.00 bits per heavy atom. The number of nitrogens with one attached hydrogen (secondary N) is 1. The molecule has 4 heteroatoms. The van der Waals surface area contributed by atoms with Gasteiger partial charge in [0.05, 0.1) is 23.9 Å². The second-order valence-electron chi connectivity index (χ2n) is 4.82. The number of morpholine rings is 1. The minimum absolute atomic E-state index is 0.814. The third-order valence-corrected chi connectivity index (χ3v) is 3.56. The number of nitrogens with zero attached hydrogens (tertiary/aromatic N) is 1. The molecular weight excluding hydrogens is 248 g/mol. The number of aryl methyl sites for hydroxylation is 2. The van der Waals surface area contributed by atoms with Gasteiger partial charge < -0.3 is 10.1 Å². The van der Waals surface area contributed by atoms with E-state index in [0.717, 1.165) is 50.1 Å². The molecule has 1 N–H and O–H groups in total. The molecule has 0 bridgehead atoms. The average molecular weight is 269 g/mol. The number of halogens is 1. The van der Waals surface area contributed by atoms with Crippen molar-refractivity contribution in [3.05, 3.63) is 28.3 Å². The maximum absolute atomic E-state index is 6.26. The molecule has 1 heterocycles. The van der Waals surface area contributed by atoms with Gasteiger partial charge in [0.15, 0.2) is 0 Å². The summed E-state index contributed by atoms with van der Waals surface area (Å²) in [7, 11) is 0. The van der Waals surface area contributed by atoms with Crippen molar-refractivity contribution in [2.75, 3.05) is 44.7 Å². The lowest BCUT2D eigenvalue weighted by Crippen LogP contribution is -2.39. The van der Waals surface area contributed by atoms with Crippen molar-refractivity contribution in [1.82, 2.24) is 4.90 Å². The fraction of sp³-hybridized carbons (Fsp3) is 0.571. The van der Waals surface area contributed by atoms with Crippen molar-refractivity contribution in [3.63, 3.8) is 0 Å². The lowest BCUT2D eigenvalue weighted by Gasteiger charge is -2.26. The van der Waals surface area contributed by atoms with E-state index in [4.69, 9.17) is 16.3 Å². The quantitative estimate of drug-likeness (QED) is 0.909. The van der Waals surface area contributed by atoms with Crippen LogP contribution in [0, 0.1) is 13.8 Å². The van der Waals surface area contributed by atoms with E-state index in [0.29, 0.717) is 0 Å². The van der Waals surface area contributed by atoms with Gasteiger partial charge in [0, 0.05) is 26.2 Å². The summed E-state index contributed by atoms with van der Waals surface area (Å²) in [5, 5.41) is 4.26. The van der Waals surface area contributed by atoms with E-state index >= 15 is 0 Å². The van der Waals surface area contributed by atoms with Crippen LogP contribution >= 0.6 is 11.6 Å². The summed E-state index contributed by atoms with van der Waals surface area (Å²) in [4.78, 5) is 2.41. The Kier molecular flexibility index (Phi) is 4.87. The van der Waals surface area contributed by atoms with Gasteiger partial charge in [-0.05, 0) is 31.0 Å². The summed E-state index contributed by atoms with van der Waals surface area (Å²) in [6.45, 7) is 9.88. The van der Waals surface area contributed by atoms with Gasteiger partial charge in [0.1, 0.15) is 0 Å². The minimum atomic E-state index is 0.814. The second kappa shape index (κ2) is 6.41. The highest BCUT2D eigenvalue weighted by atomic mass is 35.5. The zero-order valence-corrected chi connectivity index (χ0v) is 11.9. The molecule has 0 radical (unpaired) electrons. The first-order valence-electron chi connectivity index (χ1n) is 6.47. The van der Waals surface area contributed by atoms with Crippen LogP contribution in [-0.4, -0.2) is 44.3 Å². The van der Waals surface area contributed by atoms with Gasteiger partial charge in [0.2, 0.25) is 0 Å². The molecule has 1 aromatic rings. The number of ether oxygens (including phenoxy) is 1. The SMILES string of the molecule is Cc1cc(C)c(NCCN2CCOCC2)c(Cl)c1. The topological polar surface area (TPSA) is 24.5 Å². The summed E-state index contributed by atoms with van der Waals surface area (Å²) in [6.07, 6.45) is 0. The standard InChI is InChI=1S/C14H21ClN2O/c1-11-9-12(2)14(13(15)10-11)16-3-4-17-5-7-18-8-6-17/h9-10,16H,3-8H2,1-2H3. The molecule has 1 aromatic carbocycles. The maximum atomic E-state index is 6.26. The van der Waals surface area contributed by atoms with Gasteiger partial charge >= 0.3 is 0 Å². The first-order chi connectivity index (χ1) is 8.66. The van der Waals surface area contributed by atoms with Crippen LogP contribution in [0.2, 0.25) is 5.02 Å². The van der Waals surface area contributed by atoms with Crippen molar-refractivity contribution in [2.45, 2.75) is 13.8 Å². The van der Waals surface area contributed by atoms with Crippen LogP contribution in [0.15, 0.2) is 12.1 Å². The van der Waals surface area contributed by atoms with Crippen LogP contribution in [0.1, 0.15) is 11.1 Å². The zero-order chi connectivity index (χ0) is 13.0. The number of anilines is 1. The molecule has 1 fully saturated rings. The molecule has 100 valence electrons. The molecule has 0 saturated carbocycles. The largest absolute Gasteiger partial charge is 0.382 e. The van der Waals surface area contributed by atoms with Crippen LogP contribution in [-0.2, 0) is 4.74 Å². The molecule has 0 atom stereocenters. The third-order valence-electron chi connectivity index (χ3n) is 3.27. The molecule has 0 aromatic heterocycles. The summed E-state index contributed by atoms with van der Waals surface area (Å²) < 4.78 is 5.33. The van der Waals surface area contributed by atoms with Gasteiger partial charge in [0.25, 0.3) is 0 Å². The summed E-state index contributed by atoms with van der Waals surface area (Å²) >= 11 is 6.26. The molecule has 0 aliphatic carbocycles. The molecular formula is C14H21ClN2O. The number of hydrogen-bond acceptors (Lipinski definition) is 3. The van der Waals surface area contributed by atoms with Gasteiger partial charge in [-0.2, -0.15) is 0 Å². The highest BCUT2D eigenvalue weighted by molar-refractivity contribution is 6.33. The first-order valence-corrected chi connectivity index (χ1v) is 6.85. The molecule has 1 saturated heterocycles. The molecule has 2 rings (SSSR count). The maximum Gasteiger partial charge on any atom is 0.0642 e. The van der Waals surface area contributed by atoms with Crippen LogP contribution in [0.5, 0.6) is 0 Å². The molecule has 3 nitrogen and oxygen atoms in total. The lowest BCUT2D eigenvalue weighted by molar-refractivity contribution is 0.0398. The van der Waals surface area contributed by atoms with Crippen LogP contribution in [0.4, 0.5) is 5.69 Å². The normalized spacial score (nSPS) is 16.8. The van der Waals surface area contributed by atoms with Crippen LogP contribution in [0.25, 0.3) is 0 Å². The van der Waals surface area contributed by atoms with E-state index in [9.17, 15) is 0 Å². The van der Waals surface area contributed by atoms with E-state index in [1.54, 1.807) is 0 Å². The fourth-order valence-corrected chi connectivity index (χ4v) is 2.69. The average Bonchev–Trinajstić information content (AvgIpc) is 2.34. The van der Waals surface area contributed by atoms with Crippen molar-refractivity contribution in [3.8, 4) is 0 Å². The Labute approximate surface area is 114 Å². The van der Waals surface area contributed by atoms with Gasteiger partial charge in [-0.3, -0.25) is 4.90 Å². The number of hydrogen-bond donors (Lipinski definition) is 1. The Morgan fingerprint density at radius 3 is 2.67 bits per heavy atom. The van der Waals surface area contributed by atoms with E-state index in [2.05, 4.69) is 30.1 Å². The summed E-state index contributed by atoms with van der Waals surface area (Å²) in [5.74, 6) is 0. The highest BCUT2D eigenvalue weighted by Gasteiger charge is 2.10. The van der Waals surface area contributed by atoms with E-state index in [1.807, 2.05) is 6.07 Å². The summed E-state index contributed by atoms with van der Waals surface area (Å²) in [5.41, 5.74) is 3.48. The van der Waals surface area contributed by atoms with Gasteiger partial charge in [-0.15, -0.1) is 0 Å². The van der Waals surface area contributed by atoms with Crippen LogP contribution < -0.4 is 5.32 Å². The smallest absolute Gasteiger partial charge is 0.0642 e. The Balaban J connectivity index is 1.86. The van der Waals surface area contributed by atoms with E-state index in [-0.39, 0.29) is 0 Å². The predicted molar refractivity (Wildman–Crippen MR) is 76.7 cm³/mol. The van der Waals surface area contributed by atoms with Gasteiger partial charge in [-0.25, -0.2) is 0 Å². The van der Waals surface area contributed by atoms with Crippen molar-refractivity contribution in [2.24, 2.45) is 0 Å². The van der Waals surface area contributed by atoms with Crippen LogP contribution in [0.3, 0.4) is 0 Å².